The van der Waals surface area contributed by atoms with Gasteiger partial charge in [0.05, 0.1) is 4.99 Å². The predicted molar refractivity (Wildman–Crippen MR) is 87.3 cm³/mol. The Labute approximate surface area is 139 Å². The van der Waals surface area contributed by atoms with E-state index in [0.717, 1.165) is 53.2 Å². The lowest BCUT2D eigenvalue weighted by Gasteiger charge is -2.26. The SMILES string of the molecule is CC1(O)c2c3c(cc4c2C(=C2CCC(=S)N2CC4)C1O)OCO3. The van der Waals surface area contributed by atoms with Gasteiger partial charge in [-0.15, -0.1) is 0 Å². The molecule has 0 radical (unpaired) electrons. The molecule has 3 aliphatic heterocycles. The van der Waals surface area contributed by atoms with Crippen LogP contribution in [0.2, 0.25) is 0 Å². The molecule has 0 bridgehead atoms. The summed E-state index contributed by atoms with van der Waals surface area (Å²) in [5.74, 6) is 1.22. The Bertz CT molecular complexity index is 798. The molecule has 0 aromatic heterocycles. The second-order valence-corrected chi connectivity index (χ2v) is 7.20. The topological polar surface area (TPSA) is 62.2 Å². The molecule has 0 spiro atoms. The number of thiocarbonyl (C=S) groups is 1. The fourth-order valence-corrected chi connectivity index (χ4v) is 4.66. The molecule has 1 saturated heterocycles. The summed E-state index contributed by atoms with van der Waals surface area (Å²) < 4.78 is 11.2. The second kappa shape index (κ2) is 4.26. The van der Waals surface area contributed by atoms with E-state index >= 15 is 0 Å². The van der Waals surface area contributed by atoms with Gasteiger partial charge in [-0.3, -0.25) is 0 Å². The van der Waals surface area contributed by atoms with Crippen LogP contribution >= 0.6 is 12.2 Å². The average molecular weight is 331 g/mol. The van der Waals surface area contributed by atoms with Crippen LogP contribution in [0.1, 0.15) is 36.5 Å². The molecule has 0 amide bonds. The number of hydrogen-bond donors (Lipinski definition) is 2. The molecular formula is C17H17NO4S. The number of nitrogens with zero attached hydrogens (tertiary/aromatic N) is 1. The number of ether oxygens (including phenoxy) is 2. The molecule has 2 unspecified atom stereocenters. The van der Waals surface area contributed by atoms with Crippen molar-refractivity contribution < 1.29 is 19.7 Å². The highest BCUT2D eigenvalue weighted by atomic mass is 32.1. The van der Waals surface area contributed by atoms with Crippen LogP contribution in [0, 0.1) is 0 Å². The Kier molecular flexibility index (Phi) is 2.55. The van der Waals surface area contributed by atoms with Crippen LogP contribution in [0.5, 0.6) is 11.5 Å². The summed E-state index contributed by atoms with van der Waals surface area (Å²) in [6.07, 6.45) is 1.46. The van der Waals surface area contributed by atoms with E-state index in [1.807, 2.05) is 6.07 Å². The highest BCUT2D eigenvalue weighted by molar-refractivity contribution is 7.80. The first-order valence-electron chi connectivity index (χ1n) is 7.90. The lowest BCUT2D eigenvalue weighted by atomic mass is 9.93. The molecule has 5 rings (SSSR count). The van der Waals surface area contributed by atoms with Gasteiger partial charge in [0.25, 0.3) is 0 Å². The molecule has 1 aromatic carbocycles. The number of aliphatic hydroxyl groups is 2. The van der Waals surface area contributed by atoms with E-state index in [9.17, 15) is 10.2 Å². The predicted octanol–water partition coefficient (Wildman–Crippen LogP) is 1.69. The van der Waals surface area contributed by atoms with Gasteiger partial charge in [0.2, 0.25) is 6.79 Å². The van der Waals surface area contributed by atoms with E-state index < -0.39 is 11.7 Å². The summed E-state index contributed by atoms with van der Waals surface area (Å²) in [5.41, 5.74) is 3.17. The van der Waals surface area contributed by atoms with Gasteiger partial charge < -0.3 is 24.6 Å². The van der Waals surface area contributed by atoms with Gasteiger partial charge in [-0.2, -0.15) is 0 Å². The minimum Gasteiger partial charge on any atom is -0.454 e. The summed E-state index contributed by atoms with van der Waals surface area (Å²) in [6, 6.07) is 1.99. The summed E-state index contributed by atoms with van der Waals surface area (Å²) in [6.45, 7) is 2.60. The number of benzene rings is 1. The van der Waals surface area contributed by atoms with Crippen molar-refractivity contribution in [2.75, 3.05) is 13.3 Å². The van der Waals surface area contributed by atoms with Crippen molar-refractivity contribution in [3.63, 3.8) is 0 Å². The van der Waals surface area contributed by atoms with Crippen LogP contribution in [-0.4, -0.2) is 39.5 Å². The molecule has 120 valence electrons. The average Bonchev–Trinajstić information content (AvgIpc) is 3.12. The molecule has 0 saturated carbocycles. The fourth-order valence-electron chi connectivity index (χ4n) is 4.36. The number of aliphatic hydroxyl groups excluding tert-OH is 1. The van der Waals surface area contributed by atoms with Crippen molar-refractivity contribution in [3.8, 4) is 11.5 Å². The molecule has 1 aliphatic carbocycles. The number of allylic oxidation sites excluding steroid dienone is 1. The standard InChI is InChI=1S/C17H17NO4S/c1-17(20)14-12-8(6-10-15(14)22-7-21-10)4-5-18-9(2-3-11(18)23)13(12)16(17)19/h6,16,19-20H,2-5,7H2,1H3. The van der Waals surface area contributed by atoms with Crippen molar-refractivity contribution in [1.29, 1.82) is 0 Å². The quantitative estimate of drug-likeness (QED) is 0.706. The summed E-state index contributed by atoms with van der Waals surface area (Å²) in [4.78, 5) is 3.05. The van der Waals surface area contributed by atoms with Gasteiger partial charge in [-0.25, -0.2) is 0 Å². The highest BCUT2D eigenvalue weighted by Gasteiger charge is 2.52. The molecule has 2 N–H and O–H groups in total. The number of hydrogen-bond acceptors (Lipinski definition) is 5. The Hall–Kier alpha value is -1.63. The largest absolute Gasteiger partial charge is 0.454 e. The van der Waals surface area contributed by atoms with E-state index in [2.05, 4.69) is 4.90 Å². The molecule has 1 aromatic rings. The van der Waals surface area contributed by atoms with Crippen molar-refractivity contribution >= 4 is 22.8 Å². The van der Waals surface area contributed by atoms with E-state index in [1.165, 1.54) is 0 Å². The third-order valence-corrected chi connectivity index (χ3v) is 5.87. The first kappa shape index (κ1) is 13.8. The van der Waals surface area contributed by atoms with Crippen molar-refractivity contribution in [2.24, 2.45) is 0 Å². The van der Waals surface area contributed by atoms with Gasteiger partial charge >= 0.3 is 0 Å². The maximum Gasteiger partial charge on any atom is 0.231 e. The van der Waals surface area contributed by atoms with E-state index in [-0.39, 0.29) is 6.79 Å². The zero-order valence-electron chi connectivity index (χ0n) is 12.8. The lowest BCUT2D eigenvalue weighted by Crippen LogP contribution is -2.33. The zero-order chi connectivity index (χ0) is 15.9. The van der Waals surface area contributed by atoms with Crippen LogP contribution in [-0.2, 0) is 12.0 Å². The molecule has 3 heterocycles. The Morgan fingerprint density at radius 1 is 1.30 bits per heavy atom. The van der Waals surface area contributed by atoms with Crippen molar-refractivity contribution in [3.05, 3.63) is 28.5 Å². The third-order valence-electron chi connectivity index (χ3n) is 5.44. The molecule has 5 nitrogen and oxygen atoms in total. The minimum atomic E-state index is -1.39. The van der Waals surface area contributed by atoms with Crippen LogP contribution in [0.4, 0.5) is 0 Å². The second-order valence-electron chi connectivity index (χ2n) is 6.73. The molecule has 6 heteroatoms. The molecule has 2 atom stereocenters. The third kappa shape index (κ3) is 1.56. The summed E-state index contributed by atoms with van der Waals surface area (Å²) >= 11 is 5.49. The Morgan fingerprint density at radius 3 is 2.96 bits per heavy atom. The van der Waals surface area contributed by atoms with Crippen molar-refractivity contribution in [2.45, 2.75) is 37.9 Å². The van der Waals surface area contributed by atoms with Gasteiger partial charge in [0, 0.05) is 29.8 Å². The van der Waals surface area contributed by atoms with Crippen LogP contribution in [0.15, 0.2) is 11.8 Å². The molecule has 23 heavy (non-hydrogen) atoms. The number of fused-ring (bicyclic) bond motifs is 3. The molecule has 1 fully saturated rings. The lowest BCUT2D eigenvalue weighted by molar-refractivity contribution is -0.0318. The van der Waals surface area contributed by atoms with Crippen LogP contribution in [0.25, 0.3) is 5.57 Å². The van der Waals surface area contributed by atoms with Gasteiger partial charge in [0.1, 0.15) is 11.7 Å². The van der Waals surface area contributed by atoms with Crippen molar-refractivity contribution in [1.82, 2.24) is 4.90 Å². The first-order chi connectivity index (χ1) is 11.0. The zero-order valence-corrected chi connectivity index (χ0v) is 13.6. The Balaban J connectivity index is 1.88. The maximum atomic E-state index is 11.0. The highest BCUT2D eigenvalue weighted by Crippen LogP contribution is 2.56. The number of rotatable bonds is 0. The van der Waals surface area contributed by atoms with E-state index in [1.54, 1.807) is 6.92 Å². The normalized spacial score (nSPS) is 30.7. The summed E-state index contributed by atoms with van der Waals surface area (Å²) in [5, 5.41) is 22.0. The van der Waals surface area contributed by atoms with Gasteiger partial charge in [-0.1, -0.05) is 12.2 Å². The Morgan fingerprint density at radius 2 is 2.13 bits per heavy atom. The summed E-state index contributed by atoms with van der Waals surface area (Å²) in [7, 11) is 0. The monoisotopic (exact) mass is 331 g/mol. The smallest absolute Gasteiger partial charge is 0.231 e. The van der Waals surface area contributed by atoms with Crippen LogP contribution in [0.3, 0.4) is 0 Å². The van der Waals surface area contributed by atoms with E-state index in [4.69, 9.17) is 21.7 Å². The molecular weight excluding hydrogens is 314 g/mol. The van der Waals surface area contributed by atoms with E-state index in [0.29, 0.717) is 17.1 Å². The van der Waals surface area contributed by atoms with Crippen LogP contribution < -0.4 is 9.47 Å². The van der Waals surface area contributed by atoms with Gasteiger partial charge in [0.15, 0.2) is 11.5 Å². The molecule has 4 aliphatic rings. The minimum absolute atomic E-state index is 0.152. The first-order valence-corrected chi connectivity index (χ1v) is 8.31. The fraction of sp³-hybridized carbons (Fsp3) is 0.471. The maximum absolute atomic E-state index is 11.0. The van der Waals surface area contributed by atoms with Gasteiger partial charge in [-0.05, 0) is 37.0 Å².